The highest BCUT2D eigenvalue weighted by molar-refractivity contribution is 5.93. The summed E-state index contributed by atoms with van der Waals surface area (Å²) in [6.07, 6.45) is 2.00. The van der Waals surface area contributed by atoms with Crippen LogP contribution in [-0.2, 0) is 50.4 Å². The van der Waals surface area contributed by atoms with Crippen molar-refractivity contribution in [1.82, 2.24) is 19.0 Å². The first kappa shape index (κ1) is 36.2. The van der Waals surface area contributed by atoms with Crippen LogP contribution in [-0.4, -0.2) is 60.4 Å². The summed E-state index contributed by atoms with van der Waals surface area (Å²) < 4.78 is 32.9. The number of carbonyl (C=O) groups is 1. The normalized spacial score (nSPS) is 12.1. The number of fused-ring (bicyclic) bond motifs is 3. The lowest BCUT2D eigenvalue weighted by atomic mass is 10.0. The Labute approximate surface area is 304 Å². The predicted octanol–water partition coefficient (Wildman–Crippen LogP) is 6.29. The van der Waals surface area contributed by atoms with Crippen LogP contribution in [0, 0.1) is 0 Å². The minimum Gasteiger partial charge on any atom is -0.497 e. The molecule has 11 heteroatoms. The van der Waals surface area contributed by atoms with Gasteiger partial charge in [0.25, 0.3) is 5.56 Å². The molecule has 1 aliphatic carbocycles. The molecular formula is C41H46N4O7. The van der Waals surface area contributed by atoms with Crippen LogP contribution >= 0.6 is 0 Å². The SMILES string of the molecule is CCn1c(COc2ccc(CN(C)C)cc2)nc2c1CCCc1c(OCc3ccccc3)c(C(=O)OC)c(=O)n(Cc3ccc(OC)cc3OC)c1-2. The van der Waals surface area contributed by atoms with Gasteiger partial charge in [-0.05, 0) is 75.7 Å². The highest BCUT2D eigenvalue weighted by Crippen LogP contribution is 2.40. The molecule has 2 aromatic heterocycles. The third kappa shape index (κ3) is 7.55. The molecule has 0 radical (unpaired) electrons. The van der Waals surface area contributed by atoms with Crippen LogP contribution in [0.4, 0.5) is 0 Å². The second-order valence-corrected chi connectivity index (χ2v) is 13.0. The molecule has 0 aliphatic heterocycles. The van der Waals surface area contributed by atoms with E-state index in [1.165, 1.54) is 12.7 Å². The van der Waals surface area contributed by atoms with Crippen LogP contribution in [0.5, 0.6) is 23.0 Å². The van der Waals surface area contributed by atoms with E-state index in [9.17, 15) is 9.59 Å². The molecule has 0 N–H and O–H groups in total. The fraction of sp³-hybridized carbons (Fsp3) is 0.341. The maximum Gasteiger partial charge on any atom is 0.347 e. The Morgan fingerprint density at radius 1 is 0.846 bits per heavy atom. The molecule has 2 heterocycles. The number of nitrogens with zero attached hydrogens (tertiary/aromatic N) is 4. The van der Waals surface area contributed by atoms with Crippen LogP contribution in [0.15, 0.2) is 77.6 Å². The van der Waals surface area contributed by atoms with Gasteiger partial charge in [-0.1, -0.05) is 42.5 Å². The average molecular weight is 707 g/mol. The van der Waals surface area contributed by atoms with Crippen LogP contribution in [0.1, 0.15) is 57.5 Å². The quantitative estimate of drug-likeness (QED) is 0.123. The maximum atomic E-state index is 14.7. The van der Waals surface area contributed by atoms with Crippen LogP contribution in [0.2, 0.25) is 0 Å². The number of imidazole rings is 1. The minimum absolute atomic E-state index is 0.0981. The molecule has 0 spiro atoms. The second-order valence-electron chi connectivity index (χ2n) is 13.0. The molecule has 0 atom stereocenters. The Balaban J connectivity index is 1.52. The summed E-state index contributed by atoms with van der Waals surface area (Å²) in [5.74, 6) is 2.10. The highest BCUT2D eigenvalue weighted by Gasteiger charge is 2.33. The van der Waals surface area contributed by atoms with Crippen molar-refractivity contribution in [1.29, 1.82) is 0 Å². The van der Waals surface area contributed by atoms with Gasteiger partial charge in [0.05, 0.1) is 33.6 Å². The molecule has 0 bridgehead atoms. The summed E-state index contributed by atoms with van der Waals surface area (Å²) >= 11 is 0. The van der Waals surface area contributed by atoms with Crippen molar-refractivity contribution in [2.24, 2.45) is 0 Å². The zero-order valence-corrected chi connectivity index (χ0v) is 30.7. The molecule has 6 rings (SSSR count). The van der Waals surface area contributed by atoms with Crippen molar-refractivity contribution in [2.75, 3.05) is 35.4 Å². The molecule has 272 valence electrons. The lowest BCUT2D eigenvalue weighted by molar-refractivity contribution is 0.0592. The maximum absolute atomic E-state index is 14.7. The van der Waals surface area contributed by atoms with Gasteiger partial charge in [-0.15, -0.1) is 0 Å². The zero-order chi connectivity index (χ0) is 36.8. The molecule has 3 aromatic carbocycles. The van der Waals surface area contributed by atoms with Crippen molar-refractivity contribution in [3.63, 3.8) is 0 Å². The van der Waals surface area contributed by atoms with Crippen molar-refractivity contribution < 1.29 is 28.5 Å². The van der Waals surface area contributed by atoms with Crippen LogP contribution in [0.25, 0.3) is 11.4 Å². The van der Waals surface area contributed by atoms with Gasteiger partial charge < -0.3 is 37.7 Å². The van der Waals surface area contributed by atoms with E-state index in [0.29, 0.717) is 42.3 Å². The first-order valence-electron chi connectivity index (χ1n) is 17.5. The summed E-state index contributed by atoms with van der Waals surface area (Å²) in [4.78, 5) is 35.6. The summed E-state index contributed by atoms with van der Waals surface area (Å²) in [5.41, 5.74) is 5.13. The molecule has 0 unspecified atom stereocenters. The molecule has 0 amide bonds. The third-order valence-electron chi connectivity index (χ3n) is 9.28. The summed E-state index contributed by atoms with van der Waals surface area (Å²) in [6, 6.07) is 23.2. The molecule has 0 saturated heterocycles. The lowest BCUT2D eigenvalue weighted by Crippen LogP contribution is -2.31. The Morgan fingerprint density at radius 2 is 1.60 bits per heavy atom. The Morgan fingerprint density at radius 3 is 2.27 bits per heavy atom. The molecule has 52 heavy (non-hydrogen) atoms. The second kappa shape index (κ2) is 16.2. The van der Waals surface area contributed by atoms with E-state index in [4.69, 9.17) is 28.7 Å². The van der Waals surface area contributed by atoms with E-state index >= 15 is 0 Å². The third-order valence-corrected chi connectivity index (χ3v) is 9.28. The Kier molecular flexibility index (Phi) is 11.3. The number of carbonyl (C=O) groups excluding carboxylic acids is 1. The van der Waals surface area contributed by atoms with Crippen molar-refractivity contribution in [3.8, 4) is 34.4 Å². The van der Waals surface area contributed by atoms with E-state index in [2.05, 4.69) is 28.5 Å². The Bertz CT molecular complexity index is 2090. The molecule has 0 saturated carbocycles. The molecule has 1 aliphatic rings. The van der Waals surface area contributed by atoms with E-state index in [0.717, 1.165) is 46.9 Å². The standard InChI is InChI=1S/C41H46N4O7/c1-7-44-33-15-11-14-32-38(37(33)42-35(44)26-51-30-19-16-27(17-20-30)23-43(2)3)45(24-29-18-21-31(48-4)22-34(29)49-5)40(46)36(41(47)50-6)39(32)52-25-28-12-9-8-10-13-28/h8-10,12-13,16-22H,7,11,14-15,23-26H2,1-6H3. The van der Waals surface area contributed by atoms with Gasteiger partial charge in [-0.2, -0.15) is 0 Å². The average Bonchev–Trinajstić information content (AvgIpc) is 3.40. The molecule has 11 nitrogen and oxygen atoms in total. The van der Waals surface area contributed by atoms with Gasteiger partial charge in [0.1, 0.15) is 47.7 Å². The number of benzene rings is 3. The van der Waals surface area contributed by atoms with Gasteiger partial charge in [0.2, 0.25) is 0 Å². The molecule has 0 fully saturated rings. The van der Waals surface area contributed by atoms with Gasteiger partial charge in [-0.25, -0.2) is 9.78 Å². The number of rotatable bonds is 14. The Hall–Kier alpha value is -5.55. The number of hydrogen-bond donors (Lipinski definition) is 0. The summed E-state index contributed by atoms with van der Waals surface area (Å²) in [6.45, 7) is 4.07. The first-order valence-corrected chi connectivity index (χ1v) is 17.5. The number of ether oxygens (including phenoxy) is 5. The molecular weight excluding hydrogens is 660 g/mol. The monoisotopic (exact) mass is 706 g/mol. The number of aromatic nitrogens is 3. The van der Waals surface area contributed by atoms with Gasteiger partial charge in [-0.3, -0.25) is 4.79 Å². The zero-order valence-electron chi connectivity index (χ0n) is 30.7. The van der Waals surface area contributed by atoms with Crippen LogP contribution in [0.3, 0.4) is 0 Å². The predicted molar refractivity (Wildman–Crippen MR) is 199 cm³/mol. The van der Waals surface area contributed by atoms with Crippen molar-refractivity contribution in [2.45, 2.75) is 59.0 Å². The lowest BCUT2D eigenvalue weighted by Gasteiger charge is -2.22. The smallest absolute Gasteiger partial charge is 0.347 e. The van der Waals surface area contributed by atoms with Crippen molar-refractivity contribution >= 4 is 5.97 Å². The van der Waals surface area contributed by atoms with E-state index < -0.39 is 11.5 Å². The summed E-state index contributed by atoms with van der Waals surface area (Å²) in [5, 5.41) is 0. The number of pyridine rings is 1. The number of hydrogen-bond acceptors (Lipinski definition) is 9. The van der Waals surface area contributed by atoms with Gasteiger partial charge in [0, 0.05) is 36.0 Å². The number of esters is 1. The van der Waals surface area contributed by atoms with E-state index in [1.807, 2.05) is 68.7 Å². The largest absolute Gasteiger partial charge is 0.497 e. The van der Waals surface area contributed by atoms with Crippen molar-refractivity contribution in [3.05, 3.63) is 122 Å². The summed E-state index contributed by atoms with van der Waals surface area (Å²) in [7, 11) is 8.51. The van der Waals surface area contributed by atoms with Crippen LogP contribution < -0.4 is 24.5 Å². The van der Waals surface area contributed by atoms with Gasteiger partial charge in [0.15, 0.2) is 5.56 Å². The minimum atomic E-state index is -0.763. The van der Waals surface area contributed by atoms with E-state index in [1.54, 1.807) is 24.9 Å². The molecule has 5 aromatic rings. The fourth-order valence-electron chi connectivity index (χ4n) is 6.83. The number of methoxy groups -OCH3 is 3. The van der Waals surface area contributed by atoms with E-state index in [-0.39, 0.29) is 31.1 Å². The fourth-order valence-corrected chi connectivity index (χ4v) is 6.83. The first-order chi connectivity index (χ1) is 25.3. The van der Waals surface area contributed by atoms with Gasteiger partial charge >= 0.3 is 5.97 Å². The highest BCUT2D eigenvalue weighted by atomic mass is 16.5. The topological polar surface area (TPSA) is 106 Å².